The summed E-state index contributed by atoms with van der Waals surface area (Å²) >= 11 is 11.9. The molecule has 0 unspecified atom stereocenters. The average Bonchev–Trinajstić information content (AvgIpc) is 2.33. The minimum absolute atomic E-state index is 0. The quantitative estimate of drug-likeness (QED) is 0.898. The number of rotatable bonds is 4. The molecule has 2 rings (SSSR count). The average molecular weight is 303 g/mol. The van der Waals surface area contributed by atoms with Crippen molar-refractivity contribution in [3.05, 3.63) is 63.9 Å². The lowest BCUT2D eigenvalue weighted by molar-refractivity contribution is -0.00000336. The van der Waals surface area contributed by atoms with Crippen molar-refractivity contribution >= 4 is 23.2 Å². The molecule has 0 spiro atoms. The van der Waals surface area contributed by atoms with Crippen LogP contribution in [0.5, 0.6) is 0 Å². The van der Waals surface area contributed by atoms with Gasteiger partial charge in [-0.15, -0.1) is 0 Å². The lowest BCUT2D eigenvalue weighted by Crippen LogP contribution is -3.00. The predicted molar refractivity (Wildman–Crippen MR) is 71.2 cm³/mol. The maximum Gasteiger partial charge on any atom is 0.0541 e. The van der Waals surface area contributed by atoms with E-state index in [0.29, 0.717) is 16.6 Å². The monoisotopic (exact) mass is 301 g/mol. The molecule has 1 aromatic carbocycles. The third kappa shape index (κ3) is 4.46. The normalized spacial score (nSPS) is 9.89. The molecular formula is C13H12Cl3N2-. The molecule has 96 valence electrons. The number of hydrogen-bond donors (Lipinski definition) is 1. The minimum Gasteiger partial charge on any atom is -1.00 e. The molecule has 0 radical (unpaired) electrons. The van der Waals surface area contributed by atoms with Crippen molar-refractivity contribution in [2.24, 2.45) is 0 Å². The Kier molecular flexibility index (Phi) is 6.44. The molecule has 0 bridgehead atoms. The second-order valence-electron chi connectivity index (χ2n) is 3.66. The van der Waals surface area contributed by atoms with E-state index in [1.807, 2.05) is 30.3 Å². The van der Waals surface area contributed by atoms with Crippen molar-refractivity contribution < 1.29 is 12.4 Å². The fourth-order valence-electron chi connectivity index (χ4n) is 1.49. The standard InChI is InChI=1S/C13H12Cl2N2.ClH/c14-11-5-4-10(13(15)7-11)8-16-9-12-3-1-2-6-17-12;/h1-7,16H,8-9H2;1H/p-1. The Morgan fingerprint density at radius 1 is 1.06 bits per heavy atom. The number of benzene rings is 1. The largest absolute Gasteiger partial charge is 1.00 e. The molecule has 18 heavy (non-hydrogen) atoms. The Morgan fingerprint density at radius 3 is 2.56 bits per heavy atom. The Hall–Kier alpha value is -0.800. The molecule has 1 N–H and O–H groups in total. The van der Waals surface area contributed by atoms with Gasteiger partial charge in [-0.25, -0.2) is 0 Å². The van der Waals surface area contributed by atoms with Crippen molar-refractivity contribution in [1.82, 2.24) is 10.3 Å². The minimum atomic E-state index is 0. The first-order valence-corrected chi connectivity index (χ1v) is 6.06. The van der Waals surface area contributed by atoms with Gasteiger partial charge in [-0.05, 0) is 29.8 Å². The molecule has 1 heterocycles. The molecule has 0 saturated carbocycles. The molecule has 0 aliphatic rings. The van der Waals surface area contributed by atoms with Crippen LogP contribution in [0, 0.1) is 0 Å². The zero-order valence-electron chi connectivity index (χ0n) is 9.54. The highest BCUT2D eigenvalue weighted by Gasteiger charge is 2.01. The Labute approximate surface area is 123 Å². The maximum absolute atomic E-state index is 6.07. The summed E-state index contributed by atoms with van der Waals surface area (Å²) in [6.07, 6.45) is 1.78. The van der Waals surface area contributed by atoms with E-state index >= 15 is 0 Å². The van der Waals surface area contributed by atoms with Gasteiger partial charge in [0.25, 0.3) is 0 Å². The number of nitrogens with zero attached hydrogens (tertiary/aromatic N) is 1. The molecule has 0 aliphatic carbocycles. The number of aromatic nitrogens is 1. The second kappa shape index (κ2) is 7.59. The topological polar surface area (TPSA) is 24.9 Å². The van der Waals surface area contributed by atoms with Crippen LogP contribution in [-0.4, -0.2) is 4.98 Å². The fraction of sp³-hybridized carbons (Fsp3) is 0.154. The third-order valence-corrected chi connectivity index (χ3v) is 2.95. The summed E-state index contributed by atoms with van der Waals surface area (Å²) in [5, 5.41) is 4.63. The summed E-state index contributed by atoms with van der Waals surface area (Å²) < 4.78 is 0. The lowest BCUT2D eigenvalue weighted by atomic mass is 10.2. The Morgan fingerprint density at radius 2 is 1.89 bits per heavy atom. The van der Waals surface area contributed by atoms with Crippen LogP contribution in [0.2, 0.25) is 10.0 Å². The van der Waals surface area contributed by atoms with E-state index < -0.39 is 0 Å². The summed E-state index contributed by atoms with van der Waals surface area (Å²) in [5.41, 5.74) is 2.05. The first-order chi connectivity index (χ1) is 8.25. The molecule has 1 aromatic heterocycles. The fourth-order valence-corrected chi connectivity index (χ4v) is 1.97. The van der Waals surface area contributed by atoms with Crippen LogP contribution in [0.25, 0.3) is 0 Å². The number of halogens is 3. The van der Waals surface area contributed by atoms with Crippen molar-refractivity contribution in [3.63, 3.8) is 0 Å². The van der Waals surface area contributed by atoms with Gasteiger partial charge in [0.05, 0.1) is 5.69 Å². The van der Waals surface area contributed by atoms with Crippen LogP contribution in [0.1, 0.15) is 11.3 Å². The second-order valence-corrected chi connectivity index (χ2v) is 4.50. The van der Waals surface area contributed by atoms with Crippen LogP contribution in [0.3, 0.4) is 0 Å². The molecular weight excluding hydrogens is 291 g/mol. The lowest BCUT2D eigenvalue weighted by Gasteiger charge is -2.06. The molecule has 2 nitrogen and oxygen atoms in total. The van der Waals surface area contributed by atoms with Gasteiger partial charge in [-0.1, -0.05) is 35.3 Å². The van der Waals surface area contributed by atoms with Crippen molar-refractivity contribution in [2.75, 3.05) is 0 Å². The molecule has 0 aliphatic heterocycles. The highest BCUT2D eigenvalue weighted by atomic mass is 35.5. The van der Waals surface area contributed by atoms with Crippen LogP contribution in [0.4, 0.5) is 0 Å². The van der Waals surface area contributed by atoms with Crippen LogP contribution < -0.4 is 17.7 Å². The van der Waals surface area contributed by atoms with Crippen LogP contribution >= 0.6 is 23.2 Å². The van der Waals surface area contributed by atoms with E-state index in [0.717, 1.165) is 17.8 Å². The maximum atomic E-state index is 6.07. The molecule has 0 amide bonds. The highest BCUT2D eigenvalue weighted by Crippen LogP contribution is 2.20. The van der Waals surface area contributed by atoms with E-state index in [2.05, 4.69) is 10.3 Å². The number of nitrogens with one attached hydrogen (secondary N) is 1. The van der Waals surface area contributed by atoms with Gasteiger partial charge in [0, 0.05) is 29.3 Å². The summed E-state index contributed by atoms with van der Waals surface area (Å²) in [6, 6.07) is 11.4. The van der Waals surface area contributed by atoms with Crippen LogP contribution in [0.15, 0.2) is 42.6 Å². The first kappa shape index (κ1) is 15.3. The Balaban J connectivity index is 0.00000162. The van der Waals surface area contributed by atoms with Crippen molar-refractivity contribution in [2.45, 2.75) is 13.1 Å². The molecule has 2 aromatic rings. The first-order valence-electron chi connectivity index (χ1n) is 5.30. The van der Waals surface area contributed by atoms with E-state index in [1.54, 1.807) is 12.3 Å². The van der Waals surface area contributed by atoms with Crippen molar-refractivity contribution in [3.8, 4) is 0 Å². The van der Waals surface area contributed by atoms with Gasteiger partial charge < -0.3 is 17.7 Å². The smallest absolute Gasteiger partial charge is 0.0541 e. The summed E-state index contributed by atoms with van der Waals surface area (Å²) in [7, 11) is 0. The van der Waals surface area contributed by atoms with E-state index in [9.17, 15) is 0 Å². The molecule has 5 heteroatoms. The SMILES string of the molecule is Clc1ccc(CNCc2ccccn2)c(Cl)c1.[Cl-]. The van der Waals surface area contributed by atoms with Gasteiger partial charge in [0.15, 0.2) is 0 Å². The van der Waals surface area contributed by atoms with Gasteiger partial charge in [-0.3, -0.25) is 4.98 Å². The van der Waals surface area contributed by atoms with E-state index in [1.165, 1.54) is 0 Å². The summed E-state index contributed by atoms with van der Waals surface area (Å²) in [5.74, 6) is 0. The Bertz CT molecular complexity index is 489. The number of pyridine rings is 1. The molecule has 0 fully saturated rings. The summed E-state index contributed by atoms with van der Waals surface area (Å²) in [6.45, 7) is 1.42. The molecule has 0 atom stereocenters. The van der Waals surface area contributed by atoms with Gasteiger partial charge in [0.1, 0.15) is 0 Å². The van der Waals surface area contributed by atoms with E-state index in [4.69, 9.17) is 23.2 Å². The van der Waals surface area contributed by atoms with Crippen molar-refractivity contribution in [1.29, 1.82) is 0 Å². The predicted octanol–water partition coefficient (Wildman–Crippen LogP) is 0.682. The van der Waals surface area contributed by atoms with Gasteiger partial charge in [-0.2, -0.15) is 0 Å². The highest BCUT2D eigenvalue weighted by molar-refractivity contribution is 6.35. The van der Waals surface area contributed by atoms with Crippen LogP contribution in [-0.2, 0) is 13.1 Å². The zero-order chi connectivity index (χ0) is 12.1. The van der Waals surface area contributed by atoms with Gasteiger partial charge in [0.2, 0.25) is 0 Å². The zero-order valence-corrected chi connectivity index (χ0v) is 11.8. The summed E-state index contributed by atoms with van der Waals surface area (Å²) in [4.78, 5) is 4.23. The van der Waals surface area contributed by atoms with Gasteiger partial charge >= 0.3 is 0 Å². The van der Waals surface area contributed by atoms with E-state index in [-0.39, 0.29) is 12.4 Å². The number of hydrogen-bond acceptors (Lipinski definition) is 2. The third-order valence-electron chi connectivity index (χ3n) is 2.36. The molecule has 0 saturated heterocycles.